The number of pyridine rings is 1. The zero-order chi connectivity index (χ0) is 18.2. The van der Waals surface area contributed by atoms with E-state index in [1.54, 1.807) is 11.9 Å². The Balaban J connectivity index is 1.48. The molecule has 0 saturated carbocycles. The van der Waals surface area contributed by atoms with Gasteiger partial charge in [0.1, 0.15) is 5.82 Å². The van der Waals surface area contributed by atoms with Crippen molar-refractivity contribution >= 4 is 23.5 Å². The largest absolute Gasteiger partial charge is 0.400 e. The van der Waals surface area contributed by atoms with Crippen LogP contribution in [-0.2, 0) is 0 Å². The molecule has 0 amide bonds. The third-order valence-corrected chi connectivity index (χ3v) is 5.00. The highest BCUT2D eigenvalue weighted by Gasteiger charge is 2.21. The van der Waals surface area contributed by atoms with E-state index in [1.165, 1.54) is 5.69 Å². The van der Waals surface area contributed by atoms with Gasteiger partial charge in [-0.1, -0.05) is 36.2 Å². The first-order valence-corrected chi connectivity index (χ1v) is 10.2. The smallest absolute Gasteiger partial charge is 0.136 e. The zero-order valence-corrected chi connectivity index (χ0v) is 16.0. The SMILES string of the molecule is CSNc1cccc(C2CCN(C/C(N)=C/Nc3ccccc3)CC2)n1. The van der Waals surface area contributed by atoms with Crippen molar-refractivity contribution in [1.29, 1.82) is 0 Å². The van der Waals surface area contributed by atoms with Crippen LogP contribution in [0, 0.1) is 0 Å². The van der Waals surface area contributed by atoms with Crippen molar-refractivity contribution in [2.45, 2.75) is 18.8 Å². The first kappa shape index (κ1) is 18.6. The minimum absolute atomic E-state index is 0.530. The maximum Gasteiger partial charge on any atom is 0.136 e. The third-order valence-electron chi connectivity index (χ3n) is 4.59. The highest BCUT2D eigenvalue weighted by Crippen LogP contribution is 2.27. The molecule has 5 nitrogen and oxygen atoms in total. The molecule has 1 fully saturated rings. The summed E-state index contributed by atoms with van der Waals surface area (Å²) in [6.45, 7) is 2.90. The van der Waals surface area contributed by atoms with Gasteiger partial charge in [-0.3, -0.25) is 4.90 Å². The fraction of sp³-hybridized carbons (Fsp3) is 0.350. The lowest BCUT2D eigenvalue weighted by Crippen LogP contribution is -2.36. The fourth-order valence-electron chi connectivity index (χ4n) is 3.24. The Morgan fingerprint density at radius 1 is 1.19 bits per heavy atom. The molecule has 0 unspecified atom stereocenters. The number of rotatable bonds is 7. The number of aromatic nitrogens is 1. The normalized spacial score (nSPS) is 16.4. The van der Waals surface area contributed by atoms with E-state index in [0.29, 0.717) is 5.92 Å². The quantitative estimate of drug-likeness (QED) is 0.644. The summed E-state index contributed by atoms with van der Waals surface area (Å²) in [4.78, 5) is 7.15. The molecule has 1 aliphatic heterocycles. The van der Waals surface area contributed by atoms with Crippen LogP contribution >= 0.6 is 11.9 Å². The summed E-state index contributed by atoms with van der Waals surface area (Å²) in [6, 6.07) is 16.3. The molecular formula is C20H27N5S. The summed E-state index contributed by atoms with van der Waals surface area (Å²) >= 11 is 1.57. The molecule has 26 heavy (non-hydrogen) atoms. The lowest BCUT2D eigenvalue weighted by molar-refractivity contribution is 0.226. The van der Waals surface area contributed by atoms with Crippen molar-refractivity contribution in [3.05, 3.63) is 66.1 Å². The van der Waals surface area contributed by atoms with Crippen LogP contribution in [0.4, 0.5) is 11.5 Å². The van der Waals surface area contributed by atoms with Crippen LogP contribution in [0.3, 0.4) is 0 Å². The summed E-state index contributed by atoms with van der Waals surface area (Å²) in [5.41, 5.74) is 9.29. The van der Waals surface area contributed by atoms with E-state index in [4.69, 9.17) is 10.7 Å². The average molecular weight is 370 g/mol. The summed E-state index contributed by atoms with van der Waals surface area (Å²) in [6.07, 6.45) is 6.15. The van der Waals surface area contributed by atoms with Gasteiger partial charge in [-0.2, -0.15) is 0 Å². The number of likely N-dealkylation sites (tertiary alicyclic amines) is 1. The van der Waals surface area contributed by atoms with Gasteiger partial charge >= 0.3 is 0 Å². The molecule has 0 bridgehead atoms. The van der Waals surface area contributed by atoms with Gasteiger partial charge in [-0.05, 0) is 50.2 Å². The molecular weight excluding hydrogens is 342 g/mol. The van der Waals surface area contributed by atoms with Gasteiger partial charge in [-0.15, -0.1) is 0 Å². The number of anilines is 2. The van der Waals surface area contributed by atoms with E-state index in [0.717, 1.165) is 49.7 Å². The van der Waals surface area contributed by atoms with Gasteiger partial charge < -0.3 is 15.8 Å². The van der Waals surface area contributed by atoms with Crippen LogP contribution < -0.4 is 15.8 Å². The summed E-state index contributed by atoms with van der Waals surface area (Å²) in [7, 11) is 0. The summed E-state index contributed by atoms with van der Waals surface area (Å²) in [5, 5.41) is 3.25. The Morgan fingerprint density at radius 2 is 1.96 bits per heavy atom. The van der Waals surface area contributed by atoms with Gasteiger partial charge in [0, 0.05) is 42.0 Å². The molecule has 4 N–H and O–H groups in total. The zero-order valence-electron chi connectivity index (χ0n) is 15.2. The predicted octanol–water partition coefficient (Wildman–Crippen LogP) is 3.86. The second-order valence-electron chi connectivity index (χ2n) is 6.53. The van der Waals surface area contributed by atoms with Crippen LogP contribution in [0.5, 0.6) is 0 Å². The number of hydrogen-bond donors (Lipinski definition) is 3. The molecule has 3 rings (SSSR count). The van der Waals surface area contributed by atoms with Gasteiger partial charge in [0.15, 0.2) is 0 Å². The van der Waals surface area contributed by atoms with Gasteiger partial charge in [0.25, 0.3) is 0 Å². The molecule has 1 saturated heterocycles. The van der Waals surface area contributed by atoms with Gasteiger partial charge in [-0.25, -0.2) is 4.98 Å². The van der Waals surface area contributed by atoms with Gasteiger partial charge in [0.2, 0.25) is 0 Å². The Morgan fingerprint density at radius 3 is 2.69 bits per heavy atom. The van der Waals surface area contributed by atoms with Crippen molar-refractivity contribution in [2.75, 3.05) is 35.9 Å². The van der Waals surface area contributed by atoms with Crippen LogP contribution in [0.25, 0.3) is 0 Å². The predicted molar refractivity (Wildman–Crippen MR) is 112 cm³/mol. The van der Waals surface area contributed by atoms with Crippen LogP contribution in [-0.4, -0.2) is 35.8 Å². The molecule has 0 aliphatic carbocycles. The number of piperidine rings is 1. The Labute approximate surface area is 160 Å². The van der Waals surface area contributed by atoms with Crippen molar-refractivity contribution in [3.63, 3.8) is 0 Å². The molecule has 1 aromatic heterocycles. The third kappa shape index (κ3) is 5.41. The molecule has 2 aromatic rings. The minimum Gasteiger partial charge on any atom is -0.400 e. The van der Waals surface area contributed by atoms with E-state index in [2.05, 4.69) is 27.1 Å². The minimum atomic E-state index is 0.530. The van der Waals surface area contributed by atoms with Crippen molar-refractivity contribution in [2.24, 2.45) is 5.73 Å². The first-order chi connectivity index (χ1) is 12.7. The molecule has 0 radical (unpaired) electrons. The number of hydrogen-bond acceptors (Lipinski definition) is 6. The van der Waals surface area contributed by atoms with E-state index in [9.17, 15) is 0 Å². The van der Waals surface area contributed by atoms with Gasteiger partial charge in [0.05, 0.1) is 0 Å². The molecule has 138 valence electrons. The van der Waals surface area contributed by atoms with Crippen molar-refractivity contribution in [1.82, 2.24) is 9.88 Å². The van der Waals surface area contributed by atoms with Crippen LogP contribution in [0.1, 0.15) is 24.5 Å². The number of nitrogens with two attached hydrogens (primary N) is 1. The monoisotopic (exact) mass is 369 g/mol. The average Bonchev–Trinajstić information content (AvgIpc) is 2.68. The Bertz CT molecular complexity index is 711. The van der Waals surface area contributed by atoms with Crippen LogP contribution in [0.15, 0.2) is 60.4 Å². The molecule has 2 heterocycles. The molecule has 0 spiro atoms. The van der Waals surface area contributed by atoms with E-state index < -0.39 is 0 Å². The number of nitrogens with zero attached hydrogens (tertiary/aromatic N) is 2. The van der Waals surface area contributed by atoms with E-state index in [-0.39, 0.29) is 0 Å². The molecule has 1 aliphatic rings. The standard InChI is InChI=1S/C20H27N5S/c1-26-24-20-9-5-8-19(23-20)16-10-12-25(13-11-16)15-17(21)14-22-18-6-3-2-4-7-18/h2-9,14,16,22H,10-13,15,21H2,1H3,(H,23,24)/b17-14-. The summed E-state index contributed by atoms with van der Waals surface area (Å²) in [5.74, 6) is 1.47. The van der Waals surface area contributed by atoms with Crippen molar-refractivity contribution < 1.29 is 0 Å². The van der Waals surface area contributed by atoms with E-state index in [1.807, 2.05) is 48.9 Å². The molecule has 6 heteroatoms. The van der Waals surface area contributed by atoms with Crippen LogP contribution in [0.2, 0.25) is 0 Å². The number of para-hydroxylation sites is 1. The fourth-order valence-corrected chi connectivity index (χ4v) is 3.56. The maximum absolute atomic E-state index is 6.19. The second kappa shape index (κ2) is 9.50. The second-order valence-corrected chi connectivity index (χ2v) is 7.15. The lowest BCUT2D eigenvalue weighted by Gasteiger charge is -2.31. The molecule has 0 atom stereocenters. The highest BCUT2D eigenvalue weighted by molar-refractivity contribution is 7.99. The Hall–Kier alpha value is -2.18. The Kier molecular flexibility index (Phi) is 6.80. The molecule has 1 aromatic carbocycles. The summed E-state index contributed by atoms with van der Waals surface area (Å²) < 4.78 is 3.21. The maximum atomic E-state index is 6.19. The van der Waals surface area contributed by atoms with Crippen molar-refractivity contribution in [3.8, 4) is 0 Å². The first-order valence-electron chi connectivity index (χ1n) is 8.99. The lowest BCUT2D eigenvalue weighted by atomic mass is 9.93. The number of benzene rings is 1. The van der Waals surface area contributed by atoms with E-state index >= 15 is 0 Å². The topological polar surface area (TPSA) is 66.2 Å². The number of nitrogens with one attached hydrogen (secondary N) is 2. The highest BCUT2D eigenvalue weighted by atomic mass is 32.2.